The van der Waals surface area contributed by atoms with Crippen LogP contribution in [0.5, 0.6) is 0 Å². The van der Waals surface area contributed by atoms with Gasteiger partial charge in [0.15, 0.2) is 17.3 Å². The fraction of sp³-hybridized carbons (Fsp3) is 0.488. The summed E-state index contributed by atoms with van der Waals surface area (Å²) in [6.07, 6.45) is 3.52. The van der Waals surface area contributed by atoms with E-state index in [-0.39, 0.29) is 28.9 Å². The van der Waals surface area contributed by atoms with Gasteiger partial charge in [-0.25, -0.2) is 24.4 Å². The second-order valence-corrected chi connectivity index (χ2v) is 17.1. The number of carbonyl (C=O) groups excluding carboxylic acids is 3. The second kappa shape index (κ2) is 15.7. The van der Waals surface area contributed by atoms with Crippen LogP contribution in [0.2, 0.25) is 0 Å². The molecule has 3 heterocycles. The molecular formula is C41H52N6O8. The van der Waals surface area contributed by atoms with Gasteiger partial charge in [0.2, 0.25) is 0 Å². The predicted molar refractivity (Wildman–Crippen MR) is 207 cm³/mol. The first-order chi connectivity index (χ1) is 25.6. The molecule has 1 aliphatic rings. The number of anilines is 1. The van der Waals surface area contributed by atoms with Crippen molar-refractivity contribution >= 4 is 24.1 Å². The lowest BCUT2D eigenvalue weighted by Gasteiger charge is -2.28. The van der Waals surface area contributed by atoms with Crippen molar-refractivity contribution in [3.63, 3.8) is 0 Å². The van der Waals surface area contributed by atoms with Crippen LogP contribution in [0, 0.1) is 5.92 Å². The molecule has 0 N–H and O–H groups in total. The molecule has 0 saturated heterocycles. The highest BCUT2D eigenvalue weighted by molar-refractivity contribution is 6.10. The van der Waals surface area contributed by atoms with E-state index in [1.807, 2.05) is 45.0 Å². The summed E-state index contributed by atoms with van der Waals surface area (Å²) in [5, 5.41) is 4.29. The first kappa shape index (κ1) is 40.7. The minimum atomic E-state index is -1.03. The number of ether oxygens (including phenoxy) is 3. The number of carbonyl (C=O) groups is 3. The average molecular weight is 757 g/mol. The SMILES string of the molecule is CC1CCC(n2cc(-c3cnc(N(C(=O)OC(C)(C)C)C(=O)OC(C)(C)C)c(-c4cc(-c5ccc(CN(C)C(=O)OC(C)(C)C)cc5)no4)n3)ccc2=O)C1. The van der Waals surface area contributed by atoms with Crippen LogP contribution in [0.4, 0.5) is 20.2 Å². The van der Waals surface area contributed by atoms with E-state index in [1.165, 1.54) is 17.2 Å². The maximum atomic E-state index is 13.7. The molecule has 3 aromatic heterocycles. The molecular weight excluding hydrogens is 704 g/mol. The van der Waals surface area contributed by atoms with Crippen molar-refractivity contribution in [2.75, 3.05) is 11.9 Å². The van der Waals surface area contributed by atoms with Crippen LogP contribution in [0.1, 0.15) is 100 Å². The van der Waals surface area contributed by atoms with Gasteiger partial charge in [-0.3, -0.25) is 4.79 Å². The van der Waals surface area contributed by atoms with Crippen LogP contribution in [0.15, 0.2) is 64.2 Å². The van der Waals surface area contributed by atoms with Crippen molar-refractivity contribution in [1.29, 1.82) is 0 Å². The van der Waals surface area contributed by atoms with Gasteiger partial charge in [-0.05, 0) is 99.1 Å². The maximum Gasteiger partial charge on any atom is 0.425 e. The van der Waals surface area contributed by atoms with Crippen molar-refractivity contribution in [2.45, 2.75) is 118 Å². The molecule has 3 amide bonds. The second-order valence-electron chi connectivity index (χ2n) is 17.1. The largest absolute Gasteiger partial charge is 0.444 e. The van der Waals surface area contributed by atoms with Gasteiger partial charge in [-0.1, -0.05) is 36.3 Å². The molecule has 5 rings (SSSR count). The Morgan fingerprint density at radius 3 is 1.96 bits per heavy atom. The summed E-state index contributed by atoms with van der Waals surface area (Å²) in [4.78, 5) is 64.6. The molecule has 0 radical (unpaired) electrons. The van der Waals surface area contributed by atoms with Crippen molar-refractivity contribution in [3.05, 3.63) is 70.8 Å². The van der Waals surface area contributed by atoms with Gasteiger partial charge in [0.25, 0.3) is 5.56 Å². The molecule has 1 aromatic carbocycles. The van der Waals surface area contributed by atoms with Crippen LogP contribution in [-0.4, -0.2) is 66.7 Å². The number of pyridine rings is 1. The monoisotopic (exact) mass is 756 g/mol. The molecule has 14 heteroatoms. The van der Waals surface area contributed by atoms with E-state index in [4.69, 9.17) is 23.7 Å². The summed E-state index contributed by atoms with van der Waals surface area (Å²) >= 11 is 0. The minimum Gasteiger partial charge on any atom is -0.444 e. The Kier molecular flexibility index (Phi) is 11.6. The highest BCUT2D eigenvalue weighted by atomic mass is 16.6. The number of benzene rings is 1. The minimum absolute atomic E-state index is 0.0100. The third-order valence-electron chi connectivity index (χ3n) is 8.53. The van der Waals surface area contributed by atoms with E-state index in [1.54, 1.807) is 71.5 Å². The molecule has 1 aliphatic carbocycles. The quantitative estimate of drug-likeness (QED) is 0.166. The Morgan fingerprint density at radius 2 is 1.40 bits per heavy atom. The van der Waals surface area contributed by atoms with Gasteiger partial charge >= 0.3 is 18.3 Å². The molecule has 0 bridgehead atoms. The molecule has 55 heavy (non-hydrogen) atoms. The third-order valence-corrected chi connectivity index (χ3v) is 8.53. The summed E-state index contributed by atoms with van der Waals surface area (Å²) in [5.74, 6) is 0.407. The Morgan fingerprint density at radius 1 is 0.818 bits per heavy atom. The fourth-order valence-corrected chi connectivity index (χ4v) is 6.07. The zero-order valence-electron chi connectivity index (χ0n) is 33.6. The predicted octanol–water partition coefficient (Wildman–Crippen LogP) is 9.03. The molecule has 2 unspecified atom stereocenters. The summed E-state index contributed by atoms with van der Waals surface area (Å²) < 4.78 is 24.3. The molecule has 14 nitrogen and oxygen atoms in total. The summed E-state index contributed by atoms with van der Waals surface area (Å²) in [5.41, 5.74) is 0.303. The molecule has 1 saturated carbocycles. The van der Waals surface area contributed by atoms with Crippen molar-refractivity contribution in [2.24, 2.45) is 5.92 Å². The number of aromatic nitrogens is 4. The number of nitrogens with zero attached hydrogens (tertiary/aromatic N) is 6. The lowest BCUT2D eigenvalue weighted by atomic mass is 10.1. The van der Waals surface area contributed by atoms with Crippen LogP contribution in [0.3, 0.4) is 0 Å². The van der Waals surface area contributed by atoms with Gasteiger partial charge in [0.1, 0.15) is 22.5 Å². The van der Waals surface area contributed by atoms with E-state index in [2.05, 4.69) is 17.1 Å². The number of rotatable bonds is 7. The Labute approximate surface area is 321 Å². The van der Waals surface area contributed by atoms with Crippen molar-refractivity contribution < 1.29 is 33.1 Å². The van der Waals surface area contributed by atoms with Gasteiger partial charge in [-0.15, -0.1) is 0 Å². The highest BCUT2D eigenvalue weighted by Crippen LogP contribution is 2.36. The summed E-state index contributed by atoms with van der Waals surface area (Å²) in [6, 6.07) is 12.3. The molecule has 0 spiro atoms. The van der Waals surface area contributed by atoms with Crippen molar-refractivity contribution in [1.82, 2.24) is 24.6 Å². The van der Waals surface area contributed by atoms with Crippen LogP contribution < -0.4 is 10.5 Å². The molecule has 1 fully saturated rings. The fourth-order valence-electron chi connectivity index (χ4n) is 6.07. The number of amides is 3. The van der Waals surface area contributed by atoms with Gasteiger partial charge in [-0.2, -0.15) is 4.90 Å². The number of imide groups is 1. The van der Waals surface area contributed by atoms with E-state index >= 15 is 0 Å². The lowest BCUT2D eigenvalue weighted by Crippen LogP contribution is -2.44. The van der Waals surface area contributed by atoms with Crippen LogP contribution >= 0.6 is 0 Å². The van der Waals surface area contributed by atoms with Gasteiger partial charge < -0.3 is 28.2 Å². The lowest BCUT2D eigenvalue weighted by molar-refractivity contribution is 0.0283. The van der Waals surface area contributed by atoms with E-state index in [0.29, 0.717) is 39.9 Å². The Bertz CT molecular complexity index is 2060. The maximum absolute atomic E-state index is 13.7. The van der Waals surface area contributed by atoms with Gasteiger partial charge in [0.05, 0.1) is 11.9 Å². The Balaban J connectivity index is 1.57. The van der Waals surface area contributed by atoms with E-state index in [0.717, 1.165) is 24.8 Å². The summed E-state index contributed by atoms with van der Waals surface area (Å²) in [7, 11) is 1.67. The van der Waals surface area contributed by atoms with Crippen LogP contribution in [-0.2, 0) is 20.8 Å². The van der Waals surface area contributed by atoms with Gasteiger partial charge in [0, 0.05) is 49.1 Å². The number of hydrogen-bond donors (Lipinski definition) is 0. The van der Waals surface area contributed by atoms with E-state index < -0.39 is 35.1 Å². The molecule has 2 atom stereocenters. The first-order valence-electron chi connectivity index (χ1n) is 18.4. The smallest absolute Gasteiger partial charge is 0.425 e. The average Bonchev–Trinajstić information content (AvgIpc) is 3.73. The third kappa shape index (κ3) is 10.6. The topological polar surface area (TPSA) is 159 Å². The first-order valence-corrected chi connectivity index (χ1v) is 18.4. The number of hydrogen-bond acceptors (Lipinski definition) is 11. The molecule has 0 aliphatic heterocycles. The van der Waals surface area contributed by atoms with Crippen molar-refractivity contribution in [3.8, 4) is 34.0 Å². The Hall–Kier alpha value is -5.53. The zero-order chi connectivity index (χ0) is 40.5. The normalized spacial score (nSPS) is 16.1. The highest BCUT2D eigenvalue weighted by Gasteiger charge is 2.37. The molecule has 4 aromatic rings. The molecule has 294 valence electrons. The standard InChI is InChI=1S/C41H52N6O8/c1-25-12-18-29(20-25)46-24-28(17-19-33(46)48)31-22-42-35(47(37(50)53-40(5,6)7)38(51)54-41(8,9)10)34(43-31)32-21-30(44-55-32)27-15-13-26(14-16-27)23-45(11)36(49)52-39(2,3)4/h13-17,19,21-22,24-25,29H,12,18,20,23H2,1-11H3. The summed E-state index contributed by atoms with van der Waals surface area (Å²) in [6.45, 7) is 18.0. The zero-order valence-corrected chi connectivity index (χ0v) is 33.6. The van der Waals surface area contributed by atoms with Crippen LogP contribution in [0.25, 0.3) is 34.0 Å². The van der Waals surface area contributed by atoms with E-state index in [9.17, 15) is 19.2 Å².